The summed E-state index contributed by atoms with van der Waals surface area (Å²) in [7, 11) is 0. The van der Waals surface area contributed by atoms with E-state index in [1.807, 2.05) is 0 Å². The quantitative estimate of drug-likeness (QED) is 0.232. The minimum absolute atomic E-state index is 0.157. The molecule has 106 valence electrons. The predicted molar refractivity (Wildman–Crippen MR) is 66.9 cm³/mol. The first-order valence-electron chi connectivity index (χ1n) is 5.48. The third-order valence-electron chi connectivity index (χ3n) is 2.49. The molecule has 8 N–H and O–H groups in total. The van der Waals surface area contributed by atoms with Gasteiger partial charge in [-0.15, -0.1) is 0 Å². The number of amidine groups is 1. The number of aliphatic imine (C=N–C) groups is 1. The van der Waals surface area contributed by atoms with Gasteiger partial charge in [-0.25, -0.2) is 4.99 Å². The highest BCUT2D eigenvalue weighted by Crippen LogP contribution is 2.22. The Bertz CT molecular complexity index is 291. The van der Waals surface area contributed by atoms with Crippen LogP contribution in [0.15, 0.2) is 4.99 Å². The van der Waals surface area contributed by atoms with Crippen LogP contribution in [-0.2, 0) is 4.74 Å². The van der Waals surface area contributed by atoms with Gasteiger partial charge in [0.25, 0.3) is 0 Å². The second-order valence-corrected chi connectivity index (χ2v) is 4.94. The molecule has 1 saturated heterocycles. The number of hydrogen-bond donors (Lipinski definition) is 6. The molecule has 1 aliphatic heterocycles. The minimum Gasteiger partial charge on any atom is -0.394 e. The first-order valence-corrected chi connectivity index (χ1v) is 6.46. The zero-order valence-electron chi connectivity index (χ0n) is 9.72. The zero-order valence-corrected chi connectivity index (χ0v) is 10.5. The van der Waals surface area contributed by atoms with E-state index in [0.717, 1.165) is 0 Å². The van der Waals surface area contributed by atoms with Gasteiger partial charge in [0.15, 0.2) is 11.4 Å². The maximum absolute atomic E-state index is 9.68. The lowest BCUT2D eigenvalue weighted by Crippen LogP contribution is -2.58. The van der Waals surface area contributed by atoms with Crippen molar-refractivity contribution in [3.05, 3.63) is 0 Å². The van der Waals surface area contributed by atoms with Gasteiger partial charge in [0.1, 0.15) is 24.4 Å². The summed E-state index contributed by atoms with van der Waals surface area (Å²) in [4.78, 5) is 3.88. The Morgan fingerprint density at radius 1 is 1.22 bits per heavy atom. The number of nitrogens with zero attached hydrogens (tertiary/aromatic N) is 1. The van der Waals surface area contributed by atoms with Gasteiger partial charge in [0.05, 0.1) is 6.61 Å². The summed E-state index contributed by atoms with van der Waals surface area (Å²) >= 11 is 1.19. The van der Waals surface area contributed by atoms with Crippen molar-refractivity contribution in [3.8, 4) is 0 Å². The fourth-order valence-corrected chi connectivity index (χ4v) is 2.02. The second-order valence-electron chi connectivity index (χ2n) is 3.82. The van der Waals surface area contributed by atoms with Crippen LogP contribution in [0.25, 0.3) is 0 Å². The number of thioether (sulfide) groups is 1. The fraction of sp³-hybridized carbons (Fsp3) is 0.889. The largest absolute Gasteiger partial charge is 0.394 e. The van der Waals surface area contributed by atoms with Crippen LogP contribution in [0.1, 0.15) is 0 Å². The van der Waals surface area contributed by atoms with Gasteiger partial charge in [-0.3, -0.25) is 0 Å². The topological polar surface area (TPSA) is 155 Å². The van der Waals surface area contributed by atoms with Gasteiger partial charge >= 0.3 is 0 Å². The van der Waals surface area contributed by atoms with E-state index in [9.17, 15) is 15.3 Å². The van der Waals surface area contributed by atoms with Crippen LogP contribution in [0.5, 0.6) is 0 Å². The van der Waals surface area contributed by atoms with Crippen LogP contribution in [0.4, 0.5) is 0 Å². The molecule has 18 heavy (non-hydrogen) atoms. The Kier molecular flexibility index (Phi) is 6.29. The molecule has 9 heteroatoms. The van der Waals surface area contributed by atoms with E-state index < -0.39 is 37.3 Å². The van der Waals surface area contributed by atoms with Crippen LogP contribution < -0.4 is 11.5 Å². The van der Waals surface area contributed by atoms with Gasteiger partial charge in [-0.1, -0.05) is 11.8 Å². The van der Waals surface area contributed by atoms with Crippen LogP contribution in [0, 0.1) is 0 Å². The molecule has 1 unspecified atom stereocenters. The maximum Gasteiger partial charge on any atom is 0.180 e. The van der Waals surface area contributed by atoms with E-state index >= 15 is 0 Å². The summed E-state index contributed by atoms with van der Waals surface area (Å²) in [5.74, 6) is 0.562. The molecule has 1 rings (SSSR count). The molecule has 8 nitrogen and oxygen atoms in total. The third kappa shape index (κ3) is 3.79. The van der Waals surface area contributed by atoms with Crippen LogP contribution in [-0.4, -0.2) is 75.1 Å². The number of rotatable bonds is 4. The number of aliphatic hydroxyl groups is 4. The molecule has 0 aromatic rings. The lowest BCUT2D eigenvalue weighted by atomic mass is 9.99. The molecule has 1 fully saturated rings. The van der Waals surface area contributed by atoms with Gasteiger partial charge in [0, 0.05) is 12.3 Å². The summed E-state index contributed by atoms with van der Waals surface area (Å²) < 4.78 is 5.16. The lowest BCUT2D eigenvalue weighted by Gasteiger charge is -2.38. The molecule has 0 spiro atoms. The zero-order chi connectivity index (χ0) is 13.7. The van der Waals surface area contributed by atoms with Crippen LogP contribution in [0.3, 0.4) is 0 Å². The lowest BCUT2D eigenvalue weighted by molar-refractivity contribution is -0.226. The number of aliphatic hydroxyl groups excluding tert-OH is 4. The van der Waals surface area contributed by atoms with E-state index in [0.29, 0.717) is 12.3 Å². The molecular formula is C9H19N3O5S. The monoisotopic (exact) mass is 281 g/mol. The Hall–Kier alpha value is -0.420. The SMILES string of the molecule is NCCS/C(N)=N/C1O[C@@H](CO)[C@H](O)[C@@H](O)[C@@H]1O. The first-order chi connectivity index (χ1) is 8.51. The van der Waals surface area contributed by atoms with Crippen molar-refractivity contribution in [2.45, 2.75) is 30.6 Å². The Morgan fingerprint density at radius 3 is 2.44 bits per heavy atom. The van der Waals surface area contributed by atoms with Crippen molar-refractivity contribution in [1.29, 1.82) is 0 Å². The second kappa shape index (κ2) is 7.24. The fourth-order valence-electron chi connectivity index (χ4n) is 1.51. The van der Waals surface area contributed by atoms with Crippen LogP contribution >= 0.6 is 11.8 Å². The molecule has 0 aromatic heterocycles. The van der Waals surface area contributed by atoms with Crippen molar-refractivity contribution < 1.29 is 25.2 Å². The molecule has 5 atom stereocenters. The first kappa shape index (κ1) is 15.6. The summed E-state index contributed by atoms with van der Waals surface area (Å²) in [6.07, 6.45) is -6.35. The van der Waals surface area contributed by atoms with Gasteiger partial charge in [-0.05, 0) is 0 Å². The van der Waals surface area contributed by atoms with E-state index in [-0.39, 0.29) is 5.17 Å². The normalized spacial score (nSPS) is 37.8. The van der Waals surface area contributed by atoms with Crippen molar-refractivity contribution in [2.75, 3.05) is 18.9 Å². The molecule has 0 aliphatic carbocycles. The highest BCUT2D eigenvalue weighted by atomic mass is 32.2. The molecule has 0 radical (unpaired) electrons. The summed E-state index contributed by atoms with van der Waals surface area (Å²) in [5.41, 5.74) is 10.9. The van der Waals surface area contributed by atoms with E-state index in [1.54, 1.807) is 0 Å². The molecule has 0 aromatic carbocycles. The highest BCUT2D eigenvalue weighted by Gasteiger charge is 2.43. The molecule has 1 heterocycles. The van der Waals surface area contributed by atoms with Crippen molar-refractivity contribution in [3.63, 3.8) is 0 Å². The standard InChI is InChI=1S/C9H19N3O5S/c10-1-2-18-9(11)12-8-7(16)6(15)5(14)4(3-13)17-8/h4-8,13-16H,1-3,10H2,(H2,11,12)/t4-,5-,6+,7-,8?/m0/s1. The smallest absolute Gasteiger partial charge is 0.180 e. The van der Waals surface area contributed by atoms with E-state index in [4.69, 9.17) is 21.3 Å². The summed E-state index contributed by atoms with van der Waals surface area (Å²) in [6, 6.07) is 0. The average molecular weight is 281 g/mol. The van der Waals surface area contributed by atoms with Gasteiger partial charge < -0.3 is 36.6 Å². The van der Waals surface area contributed by atoms with E-state index in [2.05, 4.69) is 4.99 Å². The molecule has 0 amide bonds. The Balaban J connectivity index is 2.69. The van der Waals surface area contributed by atoms with Gasteiger partial charge in [-0.2, -0.15) is 0 Å². The highest BCUT2D eigenvalue weighted by molar-refractivity contribution is 8.13. The van der Waals surface area contributed by atoms with Crippen molar-refractivity contribution >= 4 is 16.9 Å². The number of nitrogens with two attached hydrogens (primary N) is 2. The summed E-state index contributed by atoms with van der Waals surface area (Å²) in [5, 5.41) is 37.9. The Labute approximate surface area is 109 Å². The maximum atomic E-state index is 9.68. The number of hydrogen-bond acceptors (Lipinski definition) is 8. The molecule has 0 bridgehead atoms. The predicted octanol–water partition coefficient (Wildman–Crippen LogP) is -3.21. The molecule has 0 saturated carbocycles. The average Bonchev–Trinajstić information content (AvgIpc) is 2.37. The molecular weight excluding hydrogens is 262 g/mol. The van der Waals surface area contributed by atoms with E-state index in [1.165, 1.54) is 11.8 Å². The third-order valence-corrected chi connectivity index (χ3v) is 3.33. The van der Waals surface area contributed by atoms with Crippen LogP contribution in [0.2, 0.25) is 0 Å². The van der Waals surface area contributed by atoms with Crippen molar-refractivity contribution in [2.24, 2.45) is 16.5 Å². The van der Waals surface area contributed by atoms with Crippen molar-refractivity contribution in [1.82, 2.24) is 0 Å². The number of ether oxygens (including phenoxy) is 1. The Morgan fingerprint density at radius 2 is 1.89 bits per heavy atom. The summed E-state index contributed by atoms with van der Waals surface area (Å²) in [6.45, 7) is -0.0671. The van der Waals surface area contributed by atoms with Gasteiger partial charge in [0.2, 0.25) is 0 Å². The molecule has 1 aliphatic rings. The minimum atomic E-state index is -1.45.